The van der Waals surface area contributed by atoms with E-state index in [9.17, 15) is 13.2 Å². The van der Waals surface area contributed by atoms with E-state index < -0.39 is 15.9 Å². The Morgan fingerprint density at radius 3 is 2.72 bits per heavy atom. The number of carbonyl (C=O) groups is 1. The zero-order valence-electron chi connectivity index (χ0n) is 13.9. The molecule has 132 valence electrons. The van der Waals surface area contributed by atoms with E-state index in [1.54, 1.807) is 27.3 Å². The second kappa shape index (κ2) is 6.52. The third-order valence-electron chi connectivity index (χ3n) is 3.59. The molecule has 0 spiro atoms. The Bertz CT molecular complexity index is 1040. The van der Waals surface area contributed by atoms with Crippen molar-refractivity contribution in [3.63, 3.8) is 0 Å². The van der Waals surface area contributed by atoms with Crippen LogP contribution in [0.3, 0.4) is 0 Å². The molecule has 0 bridgehead atoms. The number of fused-ring (bicyclic) bond motifs is 1. The first kappa shape index (κ1) is 17.5. The smallest absolute Gasteiger partial charge is 0.285 e. The minimum Gasteiger partial charge on any atom is -0.334 e. The third kappa shape index (κ3) is 3.27. The molecule has 25 heavy (non-hydrogen) atoms. The molecule has 0 fully saturated rings. The molecular formula is C15H17N5O3S2. The van der Waals surface area contributed by atoms with Crippen LogP contribution >= 0.6 is 11.8 Å². The molecular weight excluding hydrogens is 362 g/mol. The van der Waals surface area contributed by atoms with E-state index in [1.165, 1.54) is 24.3 Å². The predicted octanol–water partition coefficient (Wildman–Crippen LogP) is 1.95. The van der Waals surface area contributed by atoms with Crippen LogP contribution in [0.2, 0.25) is 0 Å². The van der Waals surface area contributed by atoms with E-state index in [2.05, 4.69) is 9.97 Å². The molecule has 0 saturated heterocycles. The van der Waals surface area contributed by atoms with Gasteiger partial charge in [0, 0.05) is 18.4 Å². The van der Waals surface area contributed by atoms with Gasteiger partial charge in [0.25, 0.3) is 15.9 Å². The lowest BCUT2D eigenvalue weighted by atomic mass is 10.3. The highest BCUT2D eigenvalue weighted by atomic mass is 32.2. The van der Waals surface area contributed by atoms with Gasteiger partial charge in [-0.15, -0.1) is 0 Å². The summed E-state index contributed by atoms with van der Waals surface area (Å²) in [6.07, 6.45) is 6.41. The standard InChI is InChI=1S/C15H17N5O3S2/c1-10(2)19-8-12(16-9-19)25(22,23)18-14(21)13-11-6-4-5-7-20(11)15(17-13)24-3/h4-10H,1-3H3,(H,18,21). The zero-order valence-corrected chi connectivity index (χ0v) is 15.5. The average Bonchev–Trinajstić information content (AvgIpc) is 3.20. The summed E-state index contributed by atoms with van der Waals surface area (Å²) in [7, 11) is -4.07. The summed E-state index contributed by atoms with van der Waals surface area (Å²) in [5, 5.41) is 0.394. The maximum absolute atomic E-state index is 12.5. The van der Waals surface area contributed by atoms with Crippen LogP contribution in [0.1, 0.15) is 30.4 Å². The van der Waals surface area contributed by atoms with E-state index in [0.29, 0.717) is 10.7 Å². The van der Waals surface area contributed by atoms with Gasteiger partial charge in [-0.05, 0) is 32.2 Å². The first-order chi connectivity index (χ1) is 11.8. The molecule has 1 N–H and O–H groups in total. The van der Waals surface area contributed by atoms with Crippen molar-refractivity contribution < 1.29 is 13.2 Å². The highest BCUT2D eigenvalue weighted by Gasteiger charge is 2.25. The van der Waals surface area contributed by atoms with Gasteiger partial charge in [0.1, 0.15) is 0 Å². The van der Waals surface area contributed by atoms with E-state index >= 15 is 0 Å². The SMILES string of the molecule is CSc1nc(C(=O)NS(=O)(=O)c2cn(C(C)C)cn2)c2ccccn12. The Hall–Kier alpha value is -2.33. The van der Waals surface area contributed by atoms with Gasteiger partial charge in [0.2, 0.25) is 0 Å². The highest BCUT2D eigenvalue weighted by Crippen LogP contribution is 2.20. The lowest BCUT2D eigenvalue weighted by Gasteiger charge is -2.05. The fourth-order valence-electron chi connectivity index (χ4n) is 2.28. The quantitative estimate of drug-likeness (QED) is 0.681. The van der Waals surface area contributed by atoms with Crippen molar-refractivity contribution in [2.45, 2.75) is 30.1 Å². The number of rotatable bonds is 5. The summed E-state index contributed by atoms with van der Waals surface area (Å²) in [6.45, 7) is 3.80. The van der Waals surface area contributed by atoms with Crippen molar-refractivity contribution in [1.29, 1.82) is 0 Å². The molecule has 3 aromatic rings. The summed E-state index contributed by atoms with van der Waals surface area (Å²) in [5.74, 6) is -0.789. The van der Waals surface area contributed by atoms with Gasteiger partial charge in [-0.25, -0.2) is 14.7 Å². The van der Waals surface area contributed by atoms with Crippen molar-refractivity contribution in [2.75, 3.05) is 6.26 Å². The van der Waals surface area contributed by atoms with E-state index in [1.807, 2.05) is 30.9 Å². The summed E-state index contributed by atoms with van der Waals surface area (Å²) >= 11 is 1.36. The second-order valence-electron chi connectivity index (χ2n) is 5.59. The largest absolute Gasteiger partial charge is 0.334 e. The van der Waals surface area contributed by atoms with Crippen LogP contribution < -0.4 is 4.72 Å². The molecule has 3 aromatic heterocycles. The molecule has 0 aliphatic carbocycles. The predicted molar refractivity (Wildman–Crippen MR) is 94.2 cm³/mol. The van der Waals surface area contributed by atoms with Gasteiger partial charge in [-0.1, -0.05) is 17.8 Å². The Labute approximate surface area is 149 Å². The lowest BCUT2D eigenvalue weighted by molar-refractivity contribution is 0.0978. The van der Waals surface area contributed by atoms with Crippen LogP contribution in [-0.4, -0.2) is 39.5 Å². The van der Waals surface area contributed by atoms with E-state index in [-0.39, 0.29) is 16.8 Å². The monoisotopic (exact) mass is 379 g/mol. The van der Waals surface area contributed by atoms with Crippen LogP contribution in [0.4, 0.5) is 0 Å². The molecule has 0 atom stereocenters. The number of nitrogens with zero attached hydrogens (tertiary/aromatic N) is 4. The molecule has 0 aromatic carbocycles. The molecule has 3 rings (SSSR count). The number of carbonyl (C=O) groups excluding carboxylic acids is 1. The topological polar surface area (TPSA) is 98.4 Å². The Morgan fingerprint density at radius 1 is 1.32 bits per heavy atom. The molecule has 0 saturated carbocycles. The number of pyridine rings is 1. The van der Waals surface area contributed by atoms with Gasteiger partial charge >= 0.3 is 0 Å². The van der Waals surface area contributed by atoms with Crippen molar-refractivity contribution in [3.8, 4) is 0 Å². The second-order valence-corrected chi connectivity index (χ2v) is 7.99. The summed E-state index contributed by atoms with van der Waals surface area (Å²) in [6, 6.07) is 5.34. The fraction of sp³-hybridized carbons (Fsp3) is 0.267. The number of sulfonamides is 1. The molecule has 0 aliphatic heterocycles. The van der Waals surface area contributed by atoms with Gasteiger partial charge in [0.15, 0.2) is 15.9 Å². The molecule has 0 aliphatic rings. The molecule has 0 radical (unpaired) electrons. The minimum absolute atomic E-state index is 0.0526. The summed E-state index contributed by atoms with van der Waals surface area (Å²) in [4.78, 5) is 20.6. The molecule has 3 heterocycles. The molecule has 8 nitrogen and oxygen atoms in total. The number of hydrogen-bond donors (Lipinski definition) is 1. The Kier molecular flexibility index (Phi) is 4.56. The summed E-state index contributed by atoms with van der Waals surface area (Å²) in [5.41, 5.74) is 0.587. The normalized spacial score (nSPS) is 12.0. The van der Waals surface area contributed by atoms with Crippen LogP contribution in [-0.2, 0) is 10.0 Å². The van der Waals surface area contributed by atoms with Crippen LogP contribution in [0.5, 0.6) is 0 Å². The van der Waals surface area contributed by atoms with Gasteiger partial charge < -0.3 is 4.57 Å². The maximum Gasteiger partial charge on any atom is 0.285 e. The molecule has 10 heteroatoms. The first-order valence-corrected chi connectivity index (χ1v) is 10.2. The zero-order chi connectivity index (χ0) is 18.2. The van der Waals surface area contributed by atoms with E-state index in [0.717, 1.165) is 0 Å². The van der Waals surface area contributed by atoms with Crippen LogP contribution in [0, 0.1) is 0 Å². The lowest BCUT2D eigenvalue weighted by Crippen LogP contribution is -2.31. The van der Waals surface area contributed by atoms with E-state index in [4.69, 9.17) is 0 Å². The number of hydrogen-bond acceptors (Lipinski definition) is 6. The Balaban J connectivity index is 1.94. The van der Waals surface area contributed by atoms with Crippen molar-refractivity contribution in [3.05, 3.63) is 42.6 Å². The number of aromatic nitrogens is 4. The fourth-order valence-corrected chi connectivity index (χ4v) is 3.71. The molecule has 1 amide bonds. The van der Waals surface area contributed by atoms with Gasteiger partial charge in [-0.2, -0.15) is 8.42 Å². The number of thioether (sulfide) groups is 1. The van der Waals surface area contributed by atoms with Gasteiger partial charge in [-0.3, -0.25) is 9.20 Å². The first-order valence-electron chi connectivity index (χ1n) is 7.45. The summed E-state index contributed by atoms with van der Waals surface area (Å²) < 4.78 is 30.3. The number of imidazole rings is 2. The van der Waals surface area contributed by atoms with Gasteiger partial charge in [0.05, 0.1) is 11.8 Å². The average molecular weight is 379 g/mol. The van der Waals surface area contributed by atoms with Crippen LogP contribution in [0.15, 0.2) is 47.1 Å². The highest BCUT2D eigenvalue weighted by molar-refractivity contribution is 7.98. The number of nitrogens with one attached hydrogen (secondary N) is 1. The number of amides is 1. The third-order valence-corrected chi connectivity index (χ3v) is 5.46. The van der Waals surface area contributed by atoms with Crippen molar-refractivity contribution >= 4 is 33.2 Å². The Morgan fingerprint density at radius 2 is 2.08 bits per heavy atom. The van der Waals surface area contributed by atoms with Crippen LogP contribution in [0.25, 0.3) is 5.52 Å². The van der Waals surface area contributed by atoms with Crippen molar-refractivity contribution in [1.82, 2.24) is 23.7 Å². The minimum atomic E-state index is -4.07. The maximum atomic E-state index is 12.5. The molecule has 0 unspecified atom stereocenters. The van der Waals surface area contributed by atoms with Crippen molar-refractivity contribution in [2.24, 2.45) is 0 Å².